The Bertz CT molecular complexity index is 609. The average molecular weight is 289 g/mol. The topological polar surface area (TPSA) is 26.0 Å². The van der Waals surface area contributed by atoms with Crippen molar-refractivity contribution in [2.45, 2.75) is 6.92 Å². The molecule has 22 heavy (non-hydrogen) atoms. The molecule has 1 aromatic carbocycles. The van der Waals surface area contributed by atoms with E-state index < -0.39 is 0 Å². The quantitative estimate of drug-likeness (QED) is 0.673. The van der Waals surface area contributed by atoms with Crippen LogP contribution in [0.25, 0.3) is 5.57 Å². The van der Waals surface area contributed by atoms with Gasteiger partial charge in [-0.25, -0.2) is 0 Å². The van der Waals surface area contributed by atoms with E-state index in [1.807, 2.05) is 79.8 Å². The molecule has 1 nitrogen and oxygen atoms in total. The van der Waals surface area contributed by atoms with Crippen LogP contribution in [0.2, 0.25) is 0 Å². The molecule has 0 unspecified atom stereocenters. The van der Waals surface area contributed by atoms with Crippen LogP contribution in [-0.2, 0) is 0 Å². The summed E-state index contributed by atoms with van der Waals surface area (Å²) in [6.07, 6.45) is 25.4. The monoisotopic (exact) mass is 289 g/mol. The summed E-state index contributed by atoms with van der Waals surface area (Å²) in [5.74, 6) is 0. The first-order chi connectivity index (χ1) is 10.9. The van der Waals surface area contributed by atoms with Gasteiger partial charge in [-0.3, -0.25) is 0 Å². The van der Waals surface area contributed by atoms with Crippen molar-refractivity contribution in [2.24, 2.45) is 5.73 Å². The van der Waals surface area contributed by atoms with Crippen LogP contribution in [0.1, 0.15) is 12.5 Å². The van der Waals surface area contributed by atoms with Crippen molar-refractivity contribution >= 4 is 5.57 Å². The van der Waals surface area contributed by atoms with E-state index in [-0.39, 0.29) is 0 Å². The molecule has 1 heteroatoms. The SMILES string of the molecule is C/C=C/C=C(\C=C/C=C/C=C/C=C\C=C/N)c1ccccc1. The summed E-state index contributed by atoms with van der Waals surface area (Å²) in [5, 5.41) is 0. The number of hydrogen-bond acceptors (Lipinski definition) is 1. The van der Waals surface area contributed by atoms with Crippen molar-refractivity contribution < 1.29 is 0 Å². The maximum absolute atomic E-state index is 5.23. The normalized spacial score (nSPS) is 14.0. The minimum Gasteiger partial charge on any atom is -0.405 e. The van der Waals surface area contributed by atoms with Crippen LogP contribution in [-0.4, -0.2) is 0 Å². The molecule has 112 valence electrons. The zero-order valence-electron chi connectivity index (χ0n) is 13.0. The van der Waals surface area contributed by atoms with Gasteiger partial charge in [-0.1, -0.05) is 97.2 Å². The molecular formula is C21H23N. The van der Waals surface area contributed by atoms with Gasteiger partial charge in [0.25, 0.3) is 0 Å². The van der Waals surface area contributed by atoms with Crippen molar-refractivity contribution in [3.8, 4) is 0 Å². The summed E-state index contributed by atoms with van der Waals surface area (Å²) in [7, 11) is 0. The third-order valence-corrected chi connectivity index (χ3v) is 2.74. The third kappa shape index (κ3) is 7.71. The highest BCUT2D eigenvalue weighted by molar-refractivity contribution is 5.75. The second kappa shape index (κ2) is 12.0. The first-order valence-corrected chi connectivity index (χ1v) is 7.32. The fourth-order valence-electron chi connectivity index (χ4n) is 1.69. The molecule has 0 radical (unpaired) electrons. The smallest absolute Gasteiger partial charge is 0.00624 e. The van der Waals surface area contributed by atoms with E-state index in [0.717, 1.165) is 0 Å². The van der Waals surface area contributed by atoms with Crippen LogP contribution in [0.4, 0.5) is 0 Å². The molecule has 0 spiro atoms. The standard InChI is InChI=1S/C21H23N/c1-2-3-15-20(21-17-12-10-13-18-21)16-11-8-6-4-5-7-9-14-19-22/h2-19H,22H2,1H3/b3-2+,5-4+,8-6+,9-7-,16-11-,19-14-,20-15+. The van der Waals surface area contributed by atoms with E-state index in [2.05, 4.69) is 24.3 Å². The lowest BCUT2D eigenvalue weighted by Crippen LogP contribution is -1.78. The van der Waals surface area contributed by atoms with Gasteiger partial charge in [0, 0.05) is 0 Å². The van der Waals surface area contributed by atoms with Gasteiger partial charge in [0.15, 0.2) is 0 Å². The Morgan fingerprint density at radius 3 is 1.95 bits per heavy atom. The number of rotatable bonds is 7. The molecule has 0 saturated carbocycles. The van der Waals surface area contributed by atoms with E-state index in [1.54, 1.807) is 6.08 Å². The Morgan fingerprint density at radius 1 is 0.773 bits per heavy atom. The van der Waals surface area contributed by atoms with E-state index >= 15 is 0 Å². The summed E-state index contributed by atoms with van der Waals surface area (Å²) < 4.78 is 0. The molecule has 2 N–H and O–H groups in total. The first kappa shape index (κ1) is 17.3. The lowest BCUT2D eigenvalue weighted by molar-refractivity contribution is 1.60. The Morgan fingerprint density at radius 2 is 1.36 bits per heavy atom. The zero-order chi connectivity index (χ0) is 15.9. The van der Waals surface area contributed by atoms with Gasteiger partial charge in [0.1, 0.15) is 0 Å². The molecule has 0 fully saturated rings. The summed E-state index contributed by atoms with van der Waals surface area (Å²) in [6.45, 7) is 2.01. The summed E-state index contributed by atoms with van der Waals surface area (Å²) >= 11 is 0. The molecule has 0 amide bonds. The maximum Gasteiger partial charge on any atom is -0.00624 e. The van der Waals surface area contributed by atoms with Crippen LogP contribution < -0.4 is 5.73 Å². The molecule has 0 saturated heterocycles. The molecule has 0 aliphatic rings. The van der Waals surface area contributed by atoms with Gasteiger partial charge in [0.2, 0.25) is 0 Å². The third-order valence-electron chi connectivity index (χ3n) is 2.74. The number of allylic oxidation sites excluding steroid dienone is 13. The van der Waals surface area contributed by atoms with Crippen molar-refractivity contribution in [1.29, 1.82) is 0 Å². The fraction of sp³-hybridized carbons (Fsp3) is 0.0476. The minimum atomic E-state index is 1.18. The second-order valence-electron chi connectivity index (χ2n) is 4.41. The number of nitrogens with two attached hydrogens (primary N) is 1. The predicted octanol–water partition coefficient (Wildman–Crippen LogP) is 5.34. The van der Waals surface area contributed by atoms with Gasteiger partial charge in [-0.15, -0.1) is 0 Å². The molecule has 1 aromatic rings. The predicted molar refractivity (Wildman–Crippen MR) is 99.1 cm³/mol. The Kier molecular flexibility index (Phi) is 9.39. The Balaban J connectivity index is 2.67. The van der Waals surface area contributed by atoms with E-state index in [4.69, 9.17) is 5.73 Å². The highest BCUT2D eigenvalue weighted by Crippen LogP contribution is 2.15. The largest absolute Gasteiger partial charge is 0.405 e. The van der Waals surface area contributed by atoms with Crippen molar-refractivity contribution in [3.63, 3.8) is 0 Å². The van der Waals surface area contributed by atoms with Gasteiger partial charge in [-0.05, 0) is 30.3 Å². The average Bonchev–Trinajstić information content (AvgIpc) is 2.57. The number of hydrogen-bond donors (Lipinski definition) is 1. The van der Waals surface area contributed by atoms with Crippen molar-refractivity contribution in [3.05, 3.63) is 115 Å². The molecule has 0 aliphatic carbocycles. The molecule has 0 bridgehead atoms. The highest BCUT2D eigenvalue weighted by atomic mass is 14.5. The molecule has 0 aromatic heterocycles. The fourth-order valence-corrected chi connectivity index (χ4v) is 1.69. The lowest BCUT2D eigenvalue weighted by atomic mass is 10.0. The van der Waals surface area contributed by atoms with Gasteiger partial charge in [0.05, 0.1) is 0 Å². The van der Waals surface area contributed by atoms with E-state index in [0.29, 0.717) is 0 Å². The zero-order valence-corrected chi connectivity index (χ0v) is 13.0. The van der Waals surface area contributed by atoms with Crippen LogP contribution >= 0.6 is 0 Å². The Hall–Kier alpha value is -2.80. The van der Waals surface area contributed by atoms with Crippen LogP contribution in [0.5, 0.6) is 0 Å². The molecule has 1 rings (SSSR count). The van der Waals surface area contributed by atoms with E-state index in [9.17, 15) is 0 Å². The van der Waals surface area contributed by atoms with Gasteiger partial charge < -0.3 is 5.73 Å². The molecular weight excluding hydrogens is 266 g/mol. The molecule has 0 aliphatic heterocycles. The van der Waals surface area contributed by atoms with Crippen LogP contribution in [0, 0.1) is 0 Å². The summed E-state index contributed by atoms with van der Waals surface area (Å²) in [5.41, 5.74) is 7.62. The first-order valence-electron chi connectivity index (χ1n) is 7.32. The van der Waals surface area contributed by atoms with Crippen LogP contribution in [0.3, 0.4) is 0 Å². The molecule has 0 atom stereocenters. The minimum absolute atomic E-state index is 1.18. The lowest BCUT2D eigenvalue weighted by Gasteiger charge is -2.00. The highest BCUT2D eigenvalue weighted by Gasteiger charge is 1.93. The van der Waals surface area contributed by atoms with Gasteiger partial charge >= 0.3 is 0 Å². The molecule has 0 heterocycles. The van der Waals surface area contributed by atoms with Crippen LogP contribution in [0.15, 0.2) is 109 Å². The Labute approximate surface area is 133 Å². The van der Waals surface area contributed by atoms with Crippen molar-refractivity contribution in [1.82, 2.24) is 0 Å². The number of benzene rings is 1. The second-order valence-corrected chi connectivity index (χ2v) is 4.41. The summed E-state index contributed by atoms with van der Waals surface area (Å²) in [6, 6.07) is 10.3. The summed E-state index contributed by atoms with van der Waals surface area (Å²) in [4.78, 5) is 0. The van der Waals surface area contributed by atoms with Crippen molar-refractivity contribution in [2.75, 3.05) is 0 Å². The van der Waals surface area contributed by atoms with Gasteiger partial charge in [-0.2, -0.15) is 0 Å². The van der Waals surface area contributed by atoms with E-state index in [1.165, 1.54) is 17.3 Å². The maximum atomic E-state index is 5.23.